The van der Waals surface area contributed by atoms with Gasteiger partial charge in [0.25, 0.3) is 5.69 Å². The largest absolute Gasteiger partial charge is 0.391 e. The quantitative estimate of drug-likeness (QED) is 0.666. The molecule has 0 aromatic heterocycles. The molecule has 1 aromatic carbocycles. The van der Waals surface area contributed by atoms with Crippen LogP contribution in [-0.2, 0) is 0 Å². The van der Waals surface area contributed by atoms with Crippen molar-refractivity contribution in [2.75, 3.05) is 18.0 Å². The van der Waals surface area contributed by atoms with Gasteiger partial charge >= 0.3 is 0 Å². The Morgan fingerprint density at radius 3 is 2.88 bits per heavy atom. The number of nitrogens with zero attached hydrogens (tertiary/aromatic N) is 2. The first-order chi connectivity index (χ1) is 7.58. The molecular formula is C10H11BrN2O3. The van der Waals surface area contributed by atoms with Gasteiger partial charge < -0.3 is 10.0 Å². The Hall–Kier alpha value is -1.14. The highest BCUT2D eigenvalue weighted by molar-refractivity contribution is 9.10. The van der Waals surface area contributed by atoms with Gasteiger partial charge in [0.15, 0.2) is 0 Å². The average molecular weight is 287 g/mol. The Labute approximate surface area is 101 Å². The number of aliphatic hydroxyl groups is 1. The standard InChI is InChI=1S/C10H11BrN2O3/c11-7-1-2-9(10(5-7)13(15)16)12-4-3-8(14)6-12/h1-2,5,8,14H,3-4,6H2/t8-/m0/s1. The summed E-state index contributed by atoms with van der Waals surface area (Å²) in [5.74, 6) is 0. The van der Waals surface area contributed by atoms with Gasteiger partial charge in [-0.3, -0.25) is 10.1 Å². The van der Waals surface area contributed by atoms with Crippen LogP contribution in [0, 0.1) is 10.1 Å². The summed E-state index contributed by atoms with van der Waals surface area (Å²) >= 11 is 3.21. The monoisotopic (exact) mass is 286 g/mol. The lowest BCUT2D eigenvalue weighted by Crippen LogP contribution is -2.22. The van der Waals surface area contributed by atoms with Gasteiger partial charge in [-0.2, -0.15) is 0 Å². The lowest BCUT2D eigenvalue weighted by molar-refractivity contribution is -0.384. The van der Waals surface area contributed by atoms with Gasteiger partial charge in [0.1, 0.15) is 5.69 Å². The van der Waals surface area contributed by atoms with Crippen molar-refractivity contribution in [3.8, 4) is 0 Å². The summed E-state index contributed by atoms with van der Waals surface area (Å²) in [6, 6.07) is 4.97. The van der Waals surface area contributed by atoms with Crippen LogP contribution in [0.3, 0.4) is 0 Å². The molecular weight excluding hydrogens is 276 g/mol. The van der Waals surface area contributed by atoms with E-state index in [4.69, 9.17) is 0 Å². The van der Waals surface area contributed by atoms with Gasteiger partial charge in [0.2, 0.25) is 0 Å². The van der Waals surface area contributed by atoms with E-state index in [1.54, 1.807) is 12.1 Å². The zero-order valence-corrected chi connectivity index (χ0v) is 10.1. The number of hydrogen-bond acceptors (Lipinski definition) is 4. The van der Waals surface area contributed by atoms with Crippen molar-refractivity contribution in [1.82, 2.24) is 0 Å². The van der Waals surface area contributed by atoms with Gasteiger partial charge in [0.05, 0.1) is 11.0 Å². The number of nitro groups is 1. The minimum absolute atomic E-state index is 0.0727. The Morgan fingerprint density at radius 1 is 1.56 bits per heavy atom. The number of aliphatic hydroxyl groups excluding tert-OH is 1. The third-order valence-electron chi connectivity index (χ3n) is 2.64. The molecule has 6 heteroatoms. The molecule has 1 heterocycles. The second-order valence-corrected chi connectivity index (χ2v) is 4.69. The van der Waals surface area contributed by atoms with Crippen molar-refractivity contribution in [3.63, 3.8) is 0 Å². The molecule has 0 spiro atoms. The maximum Gasteiger partial charge on any atom is 0.293 e. The second kappa shape index (κ2) is 4.39. The molecule has 1 aliphatic rings. The van der Waals surface area contributed by atoms with E-state index in [1.807, 2.05) is 4.90 Å². The van der Waals surface area contributed by atoms with Crippen LogP contribution in [-0.4, -0.2) is 29.2 Å². The van der Waals surface area contributed by atoms with E-state index in [9.17, 15) is 15.2 Å². The summed E-state index contributed by atoms with van der Waals surface area (Å²) in [4.78, 5) is 12.4. The molecule has 0 amide bonds. The predicted molar refractivity (Wildman–Crippen MR) is 63.6 cm³/mol. The molecule has 1 aliphatic heterocycles. The van der Waals surface area contributed by atoms with E-state index >= 15 is 0 Å². The number of hydrogen-bond donors (Lipinski definition) is 1. The van der Waals surface area contributed by atoms with Crippen LogP contribution in [0.25, 0.3) is 0 Å². The third-order valence-corrected chi connectivity index (χ3v) is 3.13. The molecule has 1 N–H and O–H groups in total. The SMILES string of the molecule is O=[N+]([O-])c1cc(Br)ccc1N1CC[C@H](O)C1. The maximum atomic E-state index is 10.9. The lowest BCUT2D eigenvalue weighted by atomic mass is 10.2. The van der Waals surface area contributed by atoms with E-state index in [-0.39, 0.29) is 11.8 Å². The first-order valence-electron chi connectivity index (χ1n) is 4.95. The van der Waals surface area contributed by atoms with Gasteiger partial charge in [-0.05, 0) is 18.6 Å². The third kappa shape index (κ3) is 2.17. The molecule has 0 bridgehead atoms. The number of halogens is 1. The summed E-state index contributed by atoms with van der Waals surface area (Å²) in [7, 11) is 0. The zero-order chi connectivity index (χ0) is 11.7. The Kier molecular flexibility index (Phi) is 3.11. The average Bonchev–Trinajstić information content (AvgIpc) is 2.64. The normalized spacial score (nSPS) is 20.1. The van der Waals surface area contributed by atoms with E-state index in [0.717, 1.165) is 0 Å². The summed E-state index contributed by atoms with van der Waals surface area (Å²) in [5, 5.41) is 20.3. The molecule has 0 aliphatic carbocycles. The molecule has 2 rings (SSSR count). The highest BCUT2D eigenvalue weighted by Gasteiger charge is 2.26. The van der Waals surface area contributed by atoms with Crippen molar-refractivity contribution in [2.45, 2.75) is 12.5 Å². The fraction of sp³-hybridized carbons (Fsp3) is 0.400. The molecule has 1 saturated heterocycles. The smallest absolute Gasteiger partial charge is 0.293 e. The maximum absolute atomic E-state index is 10.9. The topological polar surface area (TPSA) is 66.6 Å². The highest BCUT2D eigenvalue weighted by Crippen LogP contribution is 2.33. The fourth-order valence-electron chi connectivity index (χ4n) is 1.87. The Balaban J connectivity index is 2.36. The Bertz CT molecular complexity index is 425. The highest BCUT2D eigenvalue weighted by atomic mass is 79.9. The van der Waals surface area contributed by atoms with Crippen LogP contribution in [0.5, 0.6) is 0 Å². The summed E-state index contributed by atoms with van der Waals surface area (Å²) in [5.41, 5.74) is 0.647. The van der Waals surface area contributed by atoms with Gasteiger partial charge in [-0.1, -0.05) is 15.9 Å². The molecule has 5 nitrogen and oxygen atoms in total. The number of nitro benzene ring substituents is 1. The summed E-state index contributed by atoms with van der Waals surface area (Å²) in [6.07, 6.45) is 0.274. The number of rotatable bonds is 2. The van der Waals surface area contributed by atoms with Crippen LogP contribution in [0.15, 0.2) is 22.7 Å². The minimum Gasteiger partial charge on any atom is -0.391 e. The number of anilines is 1. The van der Waals surface area contributed by atoms with Crippen LogP contribution < -0.4 is 4.90 Å². The molecule has 0 saturated carbocycles. The first-order valence-corrected chi connectivity index (χ1v) is 5.74. The molecule has 16 heavy (non-hydrogen) atoms. The minimum atomic E-state index is -0.398. The predicted octanol–water partition coefficient (Wildman–Crippen LogP) is 1.93. The molecule has 1 atom stereocenters. The molecule has 0 radical (unpaired) electrons. The molecule has 1 aromatic rings. The van der Waals surface area contributed by atoms with E-state index < -0.39 is 4.92 Å². The van der Waals surface area contributed by atoms with Crippen molar-refractivity contribution >= 4 is 27.3 Å². The number of β-amino-alcohol motifs (C(OH)–C–C–N with tert-alkyl or cyclic N) is 1. The summed E-state index contributed by atoms with van der Waals surface area (Å²) < 4.78 is 0.683. The van der Waals surface area contributed by atoms with Crippen LogP contribution in [0.1, 0.15) is 6.42 Å². The molecule has 1 fully saturated rings. The van der Waals surface area contributed by atoms with Gasteiger partial charge in [0, 0.05) is 23.6 Å². The van der Waals surface area contributed by atoms with Crippen molar-refractivity contribution in [1.29, 1.82) is 0 Å². The van der Waals surface area contributed by atoms with Crippen molar-refractivity contribution in [3.05, 3.63) is 32.8 Å². The fourth-order valence-corrected chi connectivity index (χ4v) is 2.22. The second-order valence-electron chi connectivity index (χ2n) is 3.78. The van der Waals surface area contributed by atoms with Crippen LogP contribution >= 0.6 is 15.9 Å². The molecule has 86 valence electrons. The van der Waals surface area contributed by atoms with Crippen molar-refractivity contribution < 1.29 is 10.0 Å². The zero-order valence-electron chi connectivity index (χ0n) is 8.47. The van der Waals surface area contributed by atoms with Crippen LogP contribution in [0.2, 0.25) is 0 Å². The van der Waals surface area contributed by atoms with Gasteiger partial charge in [-0.15, -0.1) is 0 Å². The number of benzene rings is 1. The lowest BCUT2D eigenvalue weighted by Gasteiger charge is -2.17. The van der Waals surface area contributed by atoms with Crippen LogP contribution in [0.4, 0.5) is 11.4 Å². The van der Waals surface area contributed by atoms with E-state index in [0.29, 0.717) is 29.7 Å². The molecule has 0 unspecified atom stereocenters. The first kappa shape index (κ1) is 11.3. The van der Waals surface area contributed by atoms with Gasteiger partial charge in [-0.25, -0.2) is 0 Å². The van der Waals surface area contributed by atoms with E-state index in [2.05, 4.69) is 15.9 Å². The van der Waals surface area contributed by atoms with Crippen molar-refractivity contribution in [2.24, 2.45) is 0 Å². The summed E-state index contributed by atoms with van der Waals surface area (Å²) in [6.45, 7) is 1.12. The Morgan fingerprint density at radius 2 is 2.31 bits per heavy atom. The van der Waals surface area contributed by atoms with E-state index in [1.165, 1.54) is 6.07 Å².